The predicted molar refractivity (Wildman–Crippen MR) is 120 cm³/mol. The van der Waals surface area contributed by atoms with Gasteiger partial charge < -0.3 is 19.1 Å². The molecular formula is C25H30FNO5. The fourth-order valence-corrected chi connectivity index (χ4v) is 3.70. The van der Waals surface area contributed by atoms with Crippen molar-refractivity contribution < 1.29 is 28.2 Å². The molecule has 0 bridgehead atoms. The normalized spacial score (nSPS) is 15.1. The van der Waals surface area contributed by atoms with E-state index in [-0.39, 0.29) is 31.6 Å². The zero-order valence-corrected chi connectivity index (χ0v) is 18.4. The Bertz CT molecular complexity index is 903. The van der Waals surface area contributed by atoms with Gasteiger partial charge in [0.05, 0.1) is 32.5 Å². The van der Waals surface area contributed by atoms with Crippen LogP contribution >= 0.6 is 0 Å². The molecule has 0 radical (unpaired) electrons. The number of ether oxygens (including phenoxy) is 3. The summed E-state index contributed by atoms with van der Waals surface area (Å²) >= 11 is 0. The van der Waals surface area contributed by atoms with Gasteiger partial charge in [-0.3, -0.25) is 14.0 Å². The van der Waals surface area contributed by atoms with E-state index in [2.05, 4.69) is 0 Å². The highest BCUT2D eigenvalue weighted by atomic mass is 19.1. The number of amides is 1. The maximum atomic E-state index is 13.1. The monoisotopic (exact) mass is 443 g/mol. The molecule has 1 atom stereocenters. The molecule has 7 heteroatoms. The highest BCUT2D eigenvalue weighted by molar-refractivity contribution is 6.00. The number of halogens is 1. The molecule has 1 aliphatic rings. The molecular weight excluding hydrogens is 413 g/mol. The lowest BCUT2D eigenvalue weighted by Gasteiger charge is -2.34. The Morgan fingerprint density at radius 1 is 1.06 bits per heavy atom. The number of carbonyl (C=O) groups excluding carboxylic acids is 2. The fourth-order valence-electron chi connectivity index (χ4n) is 3.70. The highest BCUT2D eigenvalue weighted by Gasteiger charge is 2.33. The predicted octanol–water partition coefficient (Wildman–Crippen LogP) is 4.50. The molecule has 1 aliphatic heterocycles. The van der Waals surface area contributed by atoms with Crippen molar-refractivity contribution in [3.05, 3.63) is 54.1 Å². The summed E-state index contributed by atoms with van der Waals surface area (Å²) in [5.41, 5.74) is 1.50. The third kappa shape index (κ3) is 6.22. The first-order chi connectivity index (χ1) is 15.6. The number of fused-ring (bicyclic) bond motifs is 1. The molecule has 1 amide bonds. The maximum absolute atomic E-state index is 13.1. The fraction of sp³-hybridized carbons (Fsp3) is 0.440. The van der Waals surface area contributed by atoms with Crippen molar-refractivity contribution in [2.45, 2.75) is 44.6 Å². The third-order valence-corrected chi connectivity index (χ3v) is 5.40. The molecule has 2 aromatic rings. The Labute approximate surface area is 188 Å². The van der Waals surface area contributed by atoms with Gasteiger partial charge in [0.1, 0.15) is 11.5 Å². The van der Waals surface area contributed by atoms with Gasteiger partial charge in [-0.2, -0.15) is 0 Å². The number of anilines is 1. The van der Waals surface area contributed by atoms with Gasteiger partial charge in [0, 0.05) is 18.5 Å². The van der Waals surface area contributed by atoms with Crippen LogP contribution in [-0.2, 0) is 20.7 Å². The SMILES string of the molecule is COC(=O)Cc1ccccc1OCCC1Oc2ccccc2N(CCCCCCF)C1=O. The van der Waals surface area contributed by atoms with E-state index >= 15 is 0 Å². The molecule has 2 aromatic carbocycles. The maximum Gasteiger partial charge on any atom is 0.310 e. The summed E-state index contributed by atoms with van der Waals surface area (Å²) in [4.78, 5) is 26.5. The summed E-state index contributed by atoms with van der Waals surface area (Å²) in [7, 11) is 1.35. The van der Waals surface area contributed by atoms with Crippen LogP contribution in [0.3, 0.4) is 0 Å². The summed E-state index contributed by atoms with van der Waals surface area (Å²) in [5.74, 6) is 0.824. The summed E-state index contributed by atoms with van der Waals surface area (Å²) in [5, 5.41) is 0. The molecule has 0 N–H and O–H groups in total. The topological polar surface area (TPSA) is 65.1 Å². The molecule has 3 rings (SSSR count). The summed E-state index contributed by atoms with van der Waals surface area (Å²) in [6, 6.07) is 14.8. The van der Waals surface area contributed by atoms with E-state index in [1.807, 2.05) is 42.5 Å². The van der Waals surface area contributed by atoms with Crippen molar-refractivity contribution in [2.75, 3.05) is 31.8 Å². The molecule has 0 aliphatic carbocycles. The van der Waals surface area contributed by atoms with Gasteiger partial charge in [0.25, 0.3) is 5.91 Å². The number of unbranched alkanes of at least 4 members (excludes halogenated alkanes) is 3. The number of alkyl halides is 1. The minimum atomic E-state index is -0.650. The van der Waals surface area contributed by atoms with Gasteiger partial charge in [-0.05, 0) is 31.0 Å². The molecule has 0 aromatic heterocycles. The Balaban J connectivity index is 1.61. The average Bonchev–Trinajstić information content (AvgIpc) is 2.81. The largest absolute Gasteiger partial charge is 0.493 e. The lowest BCUT2D eigenvalue weighted by molar-refractivity contribution is -0.139. The van der Waals surface area contributed by atoms with Crippen LogP contribution in [0.15, 0.2) is 48.5 Å². The molecule has 172 valence electrons. The number of nitrogens with zero attached hydrogens (tertiary/aromatic N) is 1. The first-order valence-corrected chi connectivity index (χ1v) is 11.0. The van der Waals surface area contributed by atoms with Crippen LogP contribution in [0.25, 0.3) is 0 Å². The van der Waals surface area contributed by atoms with E-state index in [1.165, 1.54) is 7.11 Å². The first kappa shape index (κ1) is 23.6. The zero-order chi connectivity index (χ0) is 22.8. The molecule has 0 saturated carbocycles. The van der Waals surface area contributed by atoms with Crippen molar-refractivity contribution in [3.8, 4) is 11.5 Å². The quantitative estimate of drug-likeness (QED) is 0.357. The Morgan fingerprint density at radius 3 is 2.62 bits per heavy atom. The first-order valence-electron chi connectivity index (χ1n) is 11.0. The van der Waals surface area contributed by atoms with Gasteiger partial charge in [-0.1, -0.05) is 43.2 Å². The highest BCUT2D eigenvalue weighted by Crippen LogP contribution is 2.34. The van der Waals surface area contributed by atoms with E-state index in [4.69, 9.17) is 14.2 Å². The van der Waals surface area contributed by atoms with Crippen LogP contribution in [-0.4, -0.2) is 44.9 Å². The number of rotatable bonds is 12. The molecule has 0 spiro atoms. The van der Waals surface area contributed by atoms with Crippen molar-refractivity contribution >= 4 is 17.6 Å². The Hall–Kier alpha value is -3.09. The number of hydrogen-bond acceptors (Lipinski definition) is 5. The van der Waals surface area contributed by atoms with Crippen LogP contribution < -0.4 is 14.4 Å². The molecule has 32 heavy (non-hydrogen) atoms. The lowest BCUT2D eigenvalue weighted by Crippen LogP contribution is -2.47. The second-order valence-corrected chi connectivity index (χ2v) is 7.67. The summed E-state index contributed by atoms with van der Waals surface area (Å²) < 4.78 is 28.9. The molecule has 1 unspecified atom stereocenters. The van der Waals surface area contributed by atoms with Crippen molar-refractivity contribution in [1.29, 1.82) is 0 Å². The second kappa shape index (κ2) is 12.1. The number of benzene rings is 2. The van der Waals surface area contributed by atoms with Crippen LogP contribution in [0.5, 0.6) is 11.5 Å². The Kier molecular flexibility index (Phi) is 8.90. The summed E-state index contributed by atoms with van der Waals surface area (Å²) in [6.07, 6.45) is 2.91. The van der Waals surface area contributed by atoms with Gasteiger partial charge in [-0.15, -0.1) is 0 Å². The van der Waals surface area contributed by atoms with Gasteiger partial charge in [-0.25, -0.2) is 0 Å². The summed E-state index contributed by atoms with van der Waals surface area (Å²) in [6.45, 7) is 0.538. The van der Waals surface area contributed by atoms with Gasteiger partial charge in [0.15, 0.2) is 6.10 Å². The van der Waals surface area contributed by atoms with E-state index < -0.39 is 6.10 Å². The average molecular weight is 444 g/mol. The van der Waals surface area contributed by atoms with Gasteiger partial charge >= 0.3 is 5.97 Å². The van der Waals surface area contributed by atoms with Crippen LogP contribution in [0.1, 0.15) is 37.7 Å². The van der Waals surface area contributed by atoms with Crippen molar-refractivity contribution in [3.63, 3.8) is 0 Å². The van der Waals surface area contributed by atoms with E-state index in [0.717, 1.165) is 30.5 Å². The molecule has 1 heterocycles. The van der Waals surface area contributed by atoms with Crippen molar-refractivity contribution in [2.24, 2.45) is 0 Å². The Morgan fingerprint density at radius 2 is 1.81 bits per heavy atom. The van der Waals surface area contributed by atoms with E-state index in [0.29, 0.717) is 30.9 Å². The van der Waals surface area contributed by atoms with Gasteiger partial charge in [0.2, 0.25) is 0 Å². The van der Waals surface area contributed by atoms with Crippen LogP contribution in [0.4, 0.5) is 10.1 Å². The van der Waals surface area contributed by atoms with Crippen LogP contribution in [0, 0.1) is 0 Å². The minimum absolute atomic E-state index is 0.0966. The third-order valence-electron chi connectivity index (χ3n) is 5.40. The lowest BCUT2D eigenvalue weighted by atomic mass is 10.1. The second-order valence-electron chi connectivity index (χ2n) is 7.67. The van der Waals surface area contributed by atoms with E-state index in [1.54, 1.807) is 11.0 Å². The number of methoxy groups -OCH3 is 1. The minimum Gasteiger partial charge on any atom is -0.493 e. The van der Waals surface area contributed by atoms with Crippen molar-refractivity contribution in [1.82, 2.24) is 0 Å². The molecule has 0 fully saturated rings. The number of esters is 1. The van der Waals surface area contributed by atoms with Crippen LogP contribution in [0.2, 0.25) is 0 Å². The zero-order valence-electron chi connectivity index (χ0n) is 18.4. The smallest absolute Gasteiger partial charge is 0.310 e. The standard InChI is InChI=1S/C25H30FNO5/c1-30-24(28)18-19-10-4-6-12-21(19)31-17-14-23-25(29)27(16-9-3-2-8-15-26)20-11-5-7-13-22(20)32-23/h4-7,10-13,23H,2-3,8-9,14-18H2,1H3. The van der Waals surface area contributed by atoms with E-state index in [9.17, 15) is 14.0 Å². The molecule has 0 saturated heterocycles. The number of para-hydroxylation sites is 3. The molecule has 6 nitrogen and oxygen atoms in total. The number of carbonyl (C=O) groups is 2. The number of hydrogen-bond donors (Lipinski definition) is 0.